The number of hydrogen-bond acceptors (Lipinski definition) is 4. The summed E-state index contributed by atoms with van der Waals surface area (Å²) in [5.41, 5.74) is 0.452. The van der Waals surface area contributed by atoms with Gasteiger partial charge in [-0.2, -0.15) is 9.65 Å². The van der Waals surface area contributed by atoms with Crippen molar-refractivity contribution in [3.05, 3.63) is 63.9 Å². The van der Waals surface area contributed by atoms with Crippen molar-refractivity contribution in [1.82, 2.24) is 15.3 Å². The number of rotatable bonds is 4. The Hall–Kier alpha value is -2.59. The van der Waals surface area contributed by atoms with Crippen LogP contribution in [-0.4, -0.2) is 15.9 Å². The van der Waals surface area contributed by atoms with Crippen LogP contribution in [0.15, 0.2) is 46.7 Å². The van der Waals surface area contributed by atoms with Crippen molar-refractivity contribution in [1.29, 1.82) is 5.26 Å². The maximum atomic E-state index is 13.6. The lowest BCUT2D eigenvalue weighted by molar-refractivity contribution is -0.119. The lowest BCUT2D eigenvalue weighted by Crippen LogP contribution is -2.44. The van der Waals surface area contributed by atoms with Gasteiger partial charge in [0.1, 0.15) is 16.2 Å². The molecule has 2 aromatic heterocycles. The molecule has 0 unspecified atom stereocenters. The van der Waals surface area contributed by atoms with Crippen molar-refractivity contribution >= 4 is 27.9 Å². The highest BCUT2D eigenvalue weighted by Gasteiger charge is 2.38. The van der Waals surface area contributed by atoms with Gasteiger partial charge < -0.3 is 5.32 Å². The minimum absolute atomic E-state index is 0.0450. The van der Waals surface area contributed by atoms with Crippen molar-refractivity contribution < 1.29 is 9.18 Å². The van der Waals surface area contributed by atoms with E-state index in [2.05, 4.69) is 31.2 Å². The average Bonchev–Trinajstić information content (AvgIpc) is 3.09. The number of nitrogens with one attached hydrogen (secondary N) is 1. The van der Waals surface area contributed by atoms with Crippen LogP contribution in [-0.2, 0) is 10.3 Å². The van der Waals surface area contributed by atoms with Crippen LogP contribution in [0.2, 0.25) is 0 Å². The Morgan fingerprint density at radius 2 is 2.12 bits per heavy atom. The van der Waals surface area contributed by atoms with E-state index in [1.807, 2.05) is 6.07 Å². The van der Waals surface area contributed by atoms with E-state index in [0.717, 1.165) is 12.8 Å². The smallest absolute Gasteiger partial charge is 0.262 e. The molecule has 1 aliphatic carbocycles. The van der Waals surface area contributed by atoms with E-state index >= 15 is 0 Å². The van der Waals surface area contributed by atoms with E-state index in [1.165, 1.54) is 18.3 Å². The number of nitriles is 1. The summed E-state index contributed by atoms with van der Waals surface area (Å²) in [4.78, 5) is 20.5. The first-order valence-corrected chi connectivity index (χ1v) is 9.01. The predicted molar refractivity (Wildman–Crippen MR) is 98.0 cm³/mol. The van der Waals surface area contributed by atoms with Crippen LogP contribution in [0, 0.1) is 17.3 Å². The summed E-state index contributed by atoms with van der Waals surface area (Å²) >= 11 is 3.26. The van der Waals surface area contributed by atoms with Gasteiger partial charge in [-0.05, 0) is 64.7 Å². The fourth-order valence-corrected chi connectivity index (χ4v) is 3.61. The number of hydrogen-bond donors (Lipinski definition) is 1. The molecule has 5 nitrogen and oxygen atoms in total. The lowest BCUT2D eigenvalue weighted by atomic mass is 9.88. The summed E-state index contributed by atoms with van der Waals surface area (Å²) in [6.45, 7) is 0. The van der Waals surface area contributed by atoms with E-state index in [1.54, 1.807) is 24.3 Å². The Kier molecular flexibility index (Phi) is 5.43. The first-order valence-electron chi connectivity index (χ1n) is 8.21. The van der Waals surface area contributed by atoms with Gasteiger partial charge in [0.2, 0.25) is 5.95 Å². The summed E-state index contributed by atoms with van der Waals surface area (Å²) in [6.07, 6.45) is 6.05. The number of amides is 1. The molecule has 1 saturated carbocycles. The van der Waals surface area contributed by atoms with Crippen LogP contribution in [0.25, 0.3) is 6.08 Å². The number of aromatic nitrogens is 2. The summed E-state index contributed by atoms with van der Waals surface area (Å²) in [5, 5.41) is 12.4. The summed E-state index contributed by atoms with van der Waals surface area (Å²) in [7, 11) is 0. The molecule has 3 rings (SSSR count). The van der Waals surface area contributed by atoms with Crippen molar-refractivity contribution in [3.63, 3.8) is 0 Å². The number of pyridine rings is 2. The van der Waals surface area contributed by atoms with E-state index in [-0.39, 0.29) is 5.57 Å². The quantitative estimate of drug-likeness (QED) is 0.467. The Morgan fingerprint density at radius 1 is 1.35 bits per heavy atom. The minimum atomic E-state index is -0.679. The third-order valence-electron chi connectivity index (χ3n) is 4.48. The van der Waals surface area contributed by atoms with Crippen LogP contribution in [0.4, 0.5) is 4.39 Å². The first kappa shape index (κ1) is 18.2. The highest BCUT2D eigenvalue weighted by Crippen LogP contribution is 2.39. The summed E-state index contributed by atoms with van der Waals surface area (Å²) in [6, 6.07) is 10.2. The number of nitrogens with zero attached hydrogens (tertiary/aromatic N) is 3. The van der Waals surface area contributed by atoms with E-state index in [9.17, 15) is 14.4 Å². The molecule has 7 heteroatoms. The van der Waals surface area contributed by atoms with Crippen LogP contribution in [0.5, 0.6) is 0 Å². The Labute approximate surface area is 159 Å². The minimum Gasteiger partial charge on any atom is -0.342 e. The van der Waals surface area contributed by atoms with Gasteiger partial charge >= 0.3 is 0 Å². The molecular weight excluding hydrogens is 399 g/mol. The Bertz CT molecular complexity index is 900. The zero-order chi connectivity index (χ0) is 18.6. The predicted octanol–water partition coefficient (Wildman–Crippen LogP) is 3.87. The zero-order valence-electron chi connectivity index (χ0n) is 13.9. The Morgan fingerprint density at radius 3 is 2.77 bits per heavy atom. The van der Waals surface area contributed by atoms with Gasteiger partial charge in [0, 0.05) is 6.20 Å². The molecule has 0 aliphatic heterocycles. The van der Waals surface area contributed by atoms with Gasteiger partial charge in [-0.25, -0.2) is 9.97 Å². The third-order valence-corrected chi connectivity index (χ3v) is 4.92. The fourth-order valence-electron chi connectivity index (χ4n) is 3.25. The van der Waals surface area contributed by atoms with Gasteiger partial charge in [-0.15, -0.1) is 0 Å². The van der Waals surface area contributed by atoms with Crippen molar-refractivity contribution in [2.24, 2.45) is 0 Å². The topological polar surface area (TPSA) is 78.7 Å². The van der Waals surface area contributed by atoms with Gasteiger partial charge in [0.05, 0.1) is 11.2 Å². The molecule has 0 saturated heterocycles. The van der Waals surface area contributed by atoms with Crippen molar-refractivity contribution in [2.75, 3.05) is 0 Å². The highest BCUT2D eigenvalue weighted by molar-refractivity contribution is 9.10. The molecule has 2 aromatic rings. The second-order valence-electron chi connectivity index (χ2n) is 6.17. The fraction of sp³-hybridized carbons (Fsp3) is 0.263. The van der Waals surface area contributed by atoms with Crippen molar-refractivity contribution in [2.45, 2.75) is 31.2 Å². The number of carbonyl (C=O) groups is 1. The number of halogens is 2. The summed E-state index contributed by atoms with van der Waals surface area (Å²) < 4.78 is 14.2. The van der Waals surface area contributed by atoms with Gasteiger partial charge in [-0.1, -0.05) is 18.9 Å². The maximum absolute atomic E-state index is 13.6. The molecule has 0 bridgehead atoms. The lowest BCUT2D eigenvalue weighted by Gasteiger charge is -2.30. The van der Waals surface area contributed by atoms with E-state index < -0.39 is 17.4 Å². The van der Waals surface area contributed by atoms with E-state index in [0.29, 0.717) is 28.7 Å². The molecular formula is C19H16BrFN4O. The van der Waals surface area contributed by atoms with Crippen LogP contribution in [0.1, 0.15) is 36.9 Å². The first-order chi connectivity index (χ1) is 12.5. The third kappa shape index (κ3) is 3.97. The largest absolute Gasteiger partial charge is 0.342 e. The van der Waals surface area contributed by atoms with Crippen LogP contribution < -0.4 is 5.32 Å². The second kappa shape index (κ2) is 7.75. The van der Waals surface area contributed by atoms with Crippen LogP contribution >= 0.6 is 15.9 Å². The second-order valence-corrected chi connectivity index (χ2v) is 6.98. The van der Waals surface area contributed by atoms with Gasteiger partial charge in [-0.3, -0.25) is 4.79 Å². The van der Waals surface area contributed by atoms with Gasteiger partial charge in [0.25, 0.3) is 5.91 Å². The molecule has 1 fully saturated rings. The Balaban J connectivity index is 1.89. The normalized spacial score (nSPS) is 16.1. The monoisotopic (exact) mass is 414 g/mol. The zero-order valence-corrected chi connectivity index (χ0v) is 15.5. The van der Waals surface area contributed by atoms with Crippen LogP contribution in [0.3, 0.4) is 0 Å². The molecule has 2 heterocycles. The summed E-state index contributed by atoms with van der Waals surface area (Å²) in [5.74, 6) is -1.08. The SMILES string of the molecule is N#CC(=Cc1cccc(Br)n1)C(=O)NC1(c2ccnc(F)c2)CCCC1. The number of carbonyl (C=O) groups excluding carboxylic acids is 1. The molecule has 132 valence electrons. The molecule has 1 aliphatic rings. The molecule has 0 spiro atoms. The van der Waals surface area contributed by atoms with Gasteiger partial charge in [0.15, 0.2) is 0 Å². The standard InChI is InChI=1S/C19H16BrFN4O/c20-16-5-3-4-15(24-16)10-13(12-22)18(26)25-19(7-1-2-8-19)14-6-9-23-17(21)11-14/h3-6,9-11H,1-2,7-8H2,(H,25,26). The highest BCUT2D eigenvalue weighted by atomic mass is 79.9. The molecule has 0 aromatic carbocycles. The van der Waals surface area contributed by atoms with Crippen molar-refractivity contribution in [3.8, 4) is 6.07 Å². The molecule has 26 heavy (non-hydrogen) atoms. The molecule has 0 atom stereocenters. The average molecular weight is 415 g/mol. The maximum Gasteiger partial charge on any atom is 0.262 e. The van der Waals surface area contributed by atoms with E-state index in [4.69, 9.17) is 0 Å². The molecule has 1 N–H and O–H groups in total. The molecule has 1 amide bonds. The molecule has 0 radical (unpaired) electrons.